The van der Waals surface area contributed by atoms with Crippen LogP contribution in [0.5, 0.6) is 0 Å². The van der Waals surface area contributed by atoms with E-state index < -0.39 is 0 Å². The standard InChI is InChI=1S/C12H15BrFN/c13-12-8-10(14)5-3-9(12)4-6-11-2-1-7-15-11/h3,5,8,11,15H,1-2,4,6-7H2. The first kappa shape index (κ1) is 11.1. The zero-order valence-corrected chi connectivity index (χ0v) is 10.2. The van der Waals surface area contributed by atoms with E-state index in [0.29, 0.717) is 6.04 Å². The Labute approximate surface area is 98.2 Å². The van der Waals surface area contributed by atoms with Gasteiger partial charge >= 0.3 is 0 Å². The minimum Gasteiger partial charge on any atom is -0.314 e. The third kappa shape index (κ3) is 3.02. The highest BCUT2D eigenvalue weighted by molar-refractivity contribution is 9.10. The maximum atomic E-state index is 12.8. The van der Waals surface area contributed by atoms with Crippen molar-refractivity contribution in [1.82, 2.24) is 5.32 Å². The van der Waals surface area contributed by atoms with Crippen molar-refractivity contribution in [2.75, 3.05) is 6.54 Å². The Balaban J connectivity index is 1.92. The monoisotopic (exact) mass is 271 g/mol. The van der Waals surface area contributed by atoms with Crippen LogP contribution in [0.25, 0.3) is 0 Å². The van der Waals surface area contributed by atoms with Gasteiger partial charge < -0.3 is 5.32 Å². The summed E-state index contributed by atoms with van der Waals surface area (Å²) in [6.45, 7) is 1.15. The van der Waals surface area contributed by atoms with Gasteiger partial charge in [-0.15, -0.1) is 0 Å². The zero-order chi connectivity index (χ0) is 10.7. The molecule has 1 atom stereocenters. The molecule has 1 N–H and O–H groups in total. The van der Waals surface area contributed by atoms with Crippen molar-refractivity contribution in [3.8, 4) is 0 Å². The van der Waals surface area contributed by atoms with Gasteiger partial charge in [-0.1, -0.05) is 22.0 Å². The van der Waals surface area contributed by atoms with Gasteiger partial charge in [0, 0.05) is 10.5 Å². The number of halogens is 2. The molecule has 1 saturated heterocycles. The van der Waals surface area contributed by atoms with Crippen LogP contribution in [-0.4, -0.2) is 12.6 Å². The Bertz CT molecular complexity index is 334. The second-order valence-corrected chi connectivity index (χ2v) is 4.92. The summed E-state index contributed by atoms with van der Waals surface area (Å²) in [5.41, 5.74) is 1.20. The number of aryl methyl sites for hydroxylation is 1. The van der Waals surface area contributed by atoms with Gasteiger partial charge in [-0.25, -0.2) is 4.39 Å². The van der Waals surface area contributed by atoms with E-state index in [4.69, 9.17) is 0 Å². The van der Waals surface area contributed by atoms with Crippen molar-refractivity contribution < 1.29 is 4.39 Å². The number of nitrogens with one attached hydrogen (secondary N) is 1. The number of hydrogen-bond donors (Lipinski definition) is 1. The van der Waals surface area contributed by atoms with Crippen LogP contribution in [-0.2, 0) is 6.42 Å². The molecule has 1 heterocycles. The van der Waals surface area contributed by atoms with Crippen LogP contribution in [0, 0.1) is 5.82 Å². The molecule has 0 aliphatic carbocycles. The molecule has 1 aromatic carbocycles. The van der Waals surface area contributed by atoms with Crippen molar-refractivity contribution in [3.05, 3.63) is 34.1 Å². The predicted octanol–water partition coefficient (Wildman–Crippen LogP) is 3.27. The van der Waals surface area contributed by atoms with E-state index in [1.54, 1.807) is 0 Å². The maximum Gasteiger partial charge on any atom is 0.124 e. The summed E-state index contributed by atoms with van der Waals surface area (Å²) >= 11 is 3.40. The van der Waals surface area contributed by atoms with Crippen molar-refractivity contribution in [3.63, 3.8) is 0 Å². The van der Waals surface area contributed by atoms with Gasteiger partial charge in [0.1, 0.15) is 5.82 Å². The van der Waals surface area contributed by atoms with Crippen LogP contribution in [0.15, 0.2) is 22.7 Å². The fraction of sp³-hybridized carbons (Fsp3) is 0.500. The van der Waals surface area contributed by atoms with Gasteiger partial charge in [0.15, 0.2) is 0 Å². The molecule has 1 aromatic rings. The lowest BCUT2D eigenvalue weighted by molar-refractivity contribution is 0.558. The van der Waals surface area contributed by atoms with E-state index in [9.17, 15) is 4.39 Å². The summed E-state index contributed by atoms with van der Waals surface area (Å²) in [6.07, 6.45) is 4.72. The lowest BCUT2D eigenvalue weighted by Gasteiger charge is -2.10. The van der Waals surface area contributed by atoms with E-state index in [-0.39, 0.29) is 5.82 Å². The summed E-state index contributed by atoms with van der Waals surface area (Å²) in [7, 11) is 0. The van der Waals surface area contributed by atoms with E-state index in [1.807, 2.05) is 6.07 Å². The molecule has 1 fully saturated rings. The van der Waals surface area contributed by atoms with E-state index in [0.717, 1.165) is 23.9 Å². The quantitative estimate of drug-likeness (QED) is 0.890. The summed E-state index contributed by atoms with van der Waals surface area (Å²) in [5, 5.41) is 3.47. The van der Waals surface area contributed by atoms with Crippen LogP contribution < -0.4 is 5.32 Å². The molecule has 82 valence electrons. The first-order valence-corrected chi connectivity index (χ1v) is 6.22. The molecule has 1 aliphatic heterocycles. The molecule has 1 nitrogen and oxygen atoms in total. The predicted molar refractivity (Wildman–Crippen MR) is 63.4 cm³/mol. The van der Waals surface area contributed by atoms with E-state index in [2.05, 4.69) is 21.2 Å². The second kappa shape index (κ2) is 5.08. The minimum absolute atomic E-state index is 0.176. The summed E-state index contributed by atoms with van der Waals surface area (Å²) in [6, 6.07) is 5.59. The molecule has 1 aliphatic rings. The van der Waals surface area contributed by atoms with Gasteiger partial charge in [0.25, 0.3) is 0 Å². The highest BCUT2D eigenvalue weighted by Gasteiger charge is 2.14. The Morgan fingerprint density at radius 1 is 1.47 bits per heavy atom. The lowest BCUT2D eigenvalue weighted by atomic mass is 10.0. The van der Waals surface area contributed by atoms with Crippen molar-refractivity contribution in [1.29, 1.82) is 0 Å². The molecule has 3 heteroatoms. The number of rotatable bonds is 3. The summed E-state index contributed by atoms with van der Waals surface area (Å²) < 4.78 is 13.7. The molecule has 0 bridgehead atoms. The second-order valence-electron chi connectivity index (χ2n) is 4.07. The van der Waals surface area contributed by atoms with Crippen molar-refractivity contribution in [2.45, 2.75) is 31.7 Å². The zero-order valence-electron chi connectivity index (χ0n) is 8.60. The molecule has 0 spiro atoms. The van der Waals surface area contributed by atoms with E-state index in [1.165, 1.54) is 30.5 Å². The third-order valence-corrected chi connectivity index (χ3v) is 3.68. The largest absolute Gasteiger partial charge is 0.314 e. The van der Waals surface area contributed by atoms with Crippen LogP contribution in [0.2, 0.25) is 0 Å². The average Bonchev–Trinajstić information content (AvgIpc) is 2.69. The fourth-order valence-electron chi connectivity index (χ4n) is 2.06. The molecule has 0 saturated carbocycles. The van der Waals surface area contributed by atoms with Crippen molar-refractivity contribution in [2.24, 2.45) is 0 Å². The Morgan fingerprint density at radius 2 is 2.33 bits per heavy atom. The number of benzene rings is 1. The lowest BCUT2D eigenvalue weighted by Crippen LogP contribution is -2.21. The Hall–Kier alpha value is -0.410. The first-order chi connectivity index (χ1) is 7.25. The van der Waals surface area contributed by atoms with Gasteiger partial charge in [0.05, 0.1) is 0 Å². The summed E-state index contributed by atoms with van der Waals surface area (Å²) in [4.78, 5) is 0. The molecule has 1 unspecified atom stereocenters. The molecule has 0 aromatic heterocycles. The molecule has 2 rings (SSSR count). The Morgan fingerprint density at radius 3 is 3.00 bits per heavy atom. The maximum absolute atomic E-state index is 12.8. The van der Waals surface area contributed by atoms with Crippen LogP contribution in [0.3, 0.4) is 0 Å². The van der Waals surface area contributed by atoms with Crippen LogP contribution in [0.1, 0.15) is 24.8 Å². The summed E-state index contributed by atoms with van der Waals surface area (Å²) in [5.74, 6) is -0.176. The van der Waals surface area contributed by atoms with Crippen LogP contribution in [0.4, 0.5) is 4.39 Å². The average molecular weight is 272 g/mol. The highest BCUT2D eigenvalue weighted by atomic mass is 79.9. The third-order valence-electron chi connectivity index (χ3n) is 2.94. The number of hydrogen-bond acceptors (Lipinski definition) is 1. The van der Waals surface area contributed by atoms with Gasteiger partial charge in [0.2, 0.25) is 0 Å². The molecular weight excluding hydrogens is 257 g/mol. The topological polar surface area (TPSA) is 12.0 Å². The van der Waals surface area contributed by atoms with Crippen molar-refractivity contribution >= 4 is 15.9 Å². The van der Waals surface area contributed by atoms with Gasteiger partial charge in [-0.3, -0.25) is 0 Å². The SMILES string of the molecule is Fc1ccc(CCC2CCCN2)c(Br)c1. The first-order valence-electron chi connectivity index (χ1n) is 5.43. The molecular formula is C12H15BrFN. The van der Waals surface area contributed by atoms with E-state index >= 15 is 0 Å². The Kier molecular flexibility index (Phi) is 3.76. The molecule has 0 amide bonds. The minimum atomic E-state index is -0.176. The van der Waals surface area contributed by atoms with Gasteiger partial charge in [-0.2, -0.15) is 0 Å². The smallest absolute Gasteiger partial charge is 0.124 e. The van der Waals surface area contributed by atoms with Gasteiger partial charge in [-0.05, 0) is 49.9 Å². The highest BCUT2D eigenvalue weighted by Crippen LogP contribution is 2.21. The molecule has 15 heavy (non-hydrogen) atoms. The van der Waals surface area contributed by atoms with Crippen LogP contribution >= 0.6 is 15.9 Å². The molecule has 0 radical (unpaired) electrons. The normalized spacial score (nSPS) is 20.8. The fourth-order valence-corrected chi connectivity index (χ4v) is 2.61.